The largest absolute Gasteiger partial charge is 0.478 e. The number of halogens is 1. The number of carboxylic acids is 1. The first-order valence-corrected chi connectivity index (χ1v) is 10.2. The molecule has 0 spiro atoms. The highest BCUT2D eigenvalue weighted by Crippen LogP contribution is 2.29. The summed E-state index contributed by atoms with van der Waals surface area (Å²) in [7, 11) is -4.14. The fraction of sp³-hybridized carbons (Fsp3) is 0. The molecule has 0 heterocycles. The fourth-order valence-electron chi connectivity index (χ4n) is 2.73. The fourth-order valence-corrected chi connectivity index (χ4v) is 4.17. The van der Waals surface area contributed by atoms with E-state index in [1.807, 2.05) is 30.3 Å². The molecule has 0 aromatic heterocycles. The van der Waals surface area contributed by atoms with Gasteiger partial charge >= 0.3 is 5.97 Å². The molecule has 0 aliphatic carbocycles. The lowest BCUT2D eigenvalue weighted by molar-refractivity contribution is 0.0698. The Kier molecular flexibility index (Phi) is 5.63. The Morgan fingerprint density at radius 1 is 1.00 bits per heavy atom. The number of carboxylic acid groups (broad SMARTS) is 1. The van der Waals surface area contributed by atoms with Crippen molar-refractivity contribution >= 4 is 39.0 Å². The number of nitrogens with one attached hydrogen (secondary N) is 1. The van der Waals surface area contributed by atoms with Crippen molar-refractivity contribution in [1.82, 2.24) is 0 Å². The standard InChI is InChI=1S/C21H17ClN2O4S/c1-13(23)16-9-17(22)12-18(10-16)29(27,28)24-20-11-15(7-8-19(20)21(25)26)14-5-3-2-4-6-14/h2-12,24H,1,23H2,(H,25,26). The molecule has 4 N–H and O–H groups in total. The first kappa shape index (κ1) is 20.4. The number of benzene rings is 3. The zero-order valence-electron chi connectivity index (χ0n) is 15.1. The van der Waals surface area contributed by atoms with E-state index in [2.05, 4.69) is 11.3 Å². The van der Waals surface area contributed by atoms with Crippen LogP contribution in [0.2, 0.25) is 5.02 Å². The van der Waals surface area contributed by atoms with E-state index in [-0.39, 0.29) is 26.9 Å². The van der Waals surface area contributed by atoms with Crippen LogP contribution in [0.4, 0.5) is 5.69 Å². The quantitative estimate of drug-likeness (QED) is 0.537. The zero-order chi connectivity index (χ0) is 21.2. The van der Waals surface area contributed by atoms with Gasteiger partial charge in [0.2, 0.25) is 0 Å². The highest BCUT2D eigenvalue weighted by atomic mass is 35.5. The Bertz CT molecular complexity index is 1210. The van der Waals surface area contributed by atoms with Crippen molar-refractivity contribution in [2.24, 2.45) is 5.73 Å². The summed E-state index contributed by atoms with van der Waals surface area (Å²) in [4.78, 5) is 11.4. The molecule has 8 heteroatoms. The van der Waals surface area contributed by atoms with E-state index in [9.17, 15) is 18.3 Å². The maximum absolute atomic E-state index is 12.9. The summed E-state index contributed by atoms with van der Waals surface area (Å²) in [5.74, 6) is -1.26. The maximum Gasteiger partial charge on any atom is 0.337 e. The van der Waals surface area contributed by atoms with Crippen molar-refractivity contribution in [2.45, 2.75) is 4.90 Å². The Morgan fingerprint density at radius 2 is 1.69 bits per heavy atom. The van der Waals surface area contributed by atoms with Gasteiger partial charge in [-0.15, -0.1) is 0 Å². The highest BCUT2D eigenvalue weighted by Gasteiger charge is 2.20. The molecular weight excluding hydrogens is 412 g/mol. The van der Waals surface area contributed by atoms with Crippen LogP contribution < -0.4 is 10.5 Å². The van der Waals surface area contributed by atoms with Gasteiger partial charge in [-0.2, -0.15) is 0 Å². The minimum absolute atomic E-state index is 0.0630. The lowest BCUT2D eigenvalue weighted by atomic mass is 10.0. The SMILES string of the molecule is C=C(N)c1cc(Cl)cc(S(=O)(=O)Nc2cc(-c3ccccc3)ccc2C(=O)O)c1. The van der Waals surface area contributed by atoms with Gasteiger partial charge in [0.25, 0.3) is 10.0 Å². The smallest absolute Gasteiger partial charge is 0.337 e. The van der Waals surface area contributed by atoms with Crippen LogP contribution in [0, 0.1) is 0 Å². The highest BCUT2D eigenvalue weighted by molar-refractivity contribution is 7.92. The van der Waals surface area contributed by atoms with Gasteiger partial charge in [-0.05, 0) is 47.0 Å². The van der Waals surface area contributed by atoms with Gasteiger partial charge in [0.1, 0.15) is 0 Å². The minimum Gasteiger partial charge on any atom is -0.478 e. The van der Waals surface area contributed by atoms with Gasteiger partial charge in [0.05, 0.1) is 16.1 Å². The molecule has 3 aromatic carbocycles. The Morgan fingerprint density at radius 3 is 2.31 bits per heavy atom. The third kappa shape index (κ3) is 4.59. The average molecular weight is 429 g/mol. The lowest BCUT2D eigenvalue weighted by Gasteiger charge is -2.14. The van der Waals surface area contributed by atoms with Crippen molar-refractivity contribution < 1.29 is 18.3 Å². The van der Waals surface area contributed by atoms with E-state index in [1.54, 1.807) is 6.07 Å². The van der Waals surface area contributed by atoms with E-state index >= 15 is 0 Å². The predicted octanol–water partition coefficient (Wildman–Crippen LogP) is 4.44. The molecule has 0 radical (unpaired) electrons. The van der Waals surface area contributed by atoms with Gasteiger partial charge < -0.3 is 10.8 Å². The molecule has 0 bridgehead atoms. The molecule has 0 unspecified atom stereocenters. The summed E-state index contributed by atoms with van der Waals surface area (Å²) in [6, 6.07) is 17.7. The molecule has 0 fully saturated rings. The summed E-state index contributed by atoms with van der Waals surface area (Å²) in [5, 5.41) is 9.63. The number of hydrogen-bond donors (Lipinski definition) is 3. The molecule has 0 saturated heterocycles. The Balaban J connectivity index is 2.08. The monoisotopic (exact) mass is 428 g/mol. The third-order valence-corrected chi connectivity index (χ3v) is 5.72. The summed E-state index contributed by atoms with van der Waals surface area (Å²) in [5.41, 5.74) is 7.39. The molecule has 0 atom stereocenters. The van der Waals surface area contributed by atoms with Crippen LogP contribution in [0.1, 0.15) is 15.9 Å². The summed E-state index contributed by atoms with van der Waals surface area (Å²) >= 11 is 6.01. The van der Waals surface area contributed by atoms with Crippen LogP contribution >= 0.6 is 11.6 Å². The number of anilines is 1. The van der Waals surface area contributed by atoms with E-state index < -0.39 is 16.0 Å². The molecule has 6 nitrogen and oxygen atoms in total. The maximum atomic E-state index is 12.9. The predicted molar refractivity (Wildman–Crippen MR) is 114 cm³/mol. The van der Waals surface area contributed by atoms with Crippen molar-refractivity contribution in [3.63, 3.8) is 0 Å². The molecular formula is C21H17ClN2O4S. The molecule has 0 amide bonds. The van der Waals surface area contributed by atoms with E-state index in [4.69, 9.17) is 17.3 Å². The van der Waals surface area contributed by atoms with Gasteiger partial charge in [-0.25, -0.2) is 13.2 Å². The molecule has 0 saturated carbocycles. The lowest BCUT2D eigenvalue weighted by Crippen LogP contribution is -2.16. The summed E-state index contributed by atoms with van der Waals surface area (Å²) in [6.07, 6.45) is 0. The van der Waals surface area contributed by atoms with E-state index in [0.717, 1.165) is 5.56 Å². The summed E-state index contributed by atoms with van der Waals surface area (Å²) in [6.45, 7) is 3.58. The Labute approximate surface area is 173 Å². The van der Waals surface area contributed by atoms with Crippen molar-refractivity contribution in [3.8, 4) is 11.1 Å². The second-order valence-corrected chi connectivity index (χ2v) is 8.36. The number of rotatable bonds is 6. The van der Waals surface area contributed by atoms with Crippen molar-refractivity contribution in [3.05, 3.63) is 89.5 Å². The zero-order valence-corrected chi connectivity index (χ0v) is 16.7. The van der Waals surface area contributed by atoms with Crippen molar-refractivity contribution in [2.75, 3.05) is 4.72 Å². The van der Waals surface area contributed by atoms with Crippen LogP contribution in [-0.4, -0.2) is 19.5 Å². The Hall–Kier alpha value is -3.29. The van der Waals surface area contributed by atoms with E-state index in [1.165, 1.54) is 30.3 Å². The van der Waals surface area contributed by atoms with Crippen LogP contribution in [0.15, 0.2) is 78.2 Å². The average Bonchev–Trinajstić information content (AvgIpc) is 2.67. The molecule has 3 aromatic rings. The summed E-state index contributed by atoms with van der Waals surface area (Å²) < 4.78 is 28.2. The third-order valence-electron chi connectivity index (χ3n) is 4.15. The van der Waals surface area contributed by atoms with Gasteiger partial charge in [0, 0.05) is 10.7 Å². The molecule has 0 aliphatic heterocycles. The topological polar surface area (TPSA) is 109 Å². The molecule has 148 valence electrons. The first-order chi connectivity index (χ1) is 13.7. The second kappa shape index (κ2) is 7.98. The molecule has 3 rings (SSSR count). The van der Waals surface area contributed by atoms with Gasteiger partial charge in [-0.3, -0.25) is 4.72 Å². The van der Waals surface area contributed by atoms with Crippen molar-refractivity contribution in [1.29, 1.82) is 0 Å². The van der Waals surface area contributed by atoms with Crippen LogP contribution in [0.3, 0.4) is 0 Å². The number of sulfonamides is 1. The van der Waals surface area contributed by atoms with Gasteiger partial charge in [-0.1, -0.05) is 54.6 Å². The second-order valence-electron chi connectivity index (χ2n) is 6.24. The van der Waals surface area contributed by atoms with Crippen LogP contribution in [-0.2, 0) is 10.0 Å². The normalized spacial score (nSPS) is 11.1. The molecule has 29 heavy (non-hydrogen) atoms. The van der Waals surface area contributed by atoms with Crippen LogP contribution in [0.5, 0.6) is 0 Å². The van der Waals surface area contributed by atoms with Crippen LogP contribution in [0.25, 0.3) is 16.8 Å². The first-order valence-electron chi connectivity index (χ1n) is 8.38. The number of carbonyl (C=O) groups is 1. The number of hydrogen-bond acceptors (Lipinski definition) is 4. The minimum atomic E-state index is -4.14. The van der Waals surface area contributed by atoms with E-state index in [0.29, 0.717) is 11.1 Å². The van der Waals surface area contributed by atoms with Gasteiger partial charge in [0.15, 0.2) is 0 Å². The number of aromatic carboxylic acids is 1. The molecule has 0 aliphatic rings. The number of nitrogens with two attached hydrogens (primary N) is 1.